The van der Waals surface area contributed by atoms with Crippen LogP contribution in [0, 0.1) is 5.92 Å². The van der Waals surface area contributed by atoms with E-state index in [1.165, 1.54) is 17.9 Å². The van der Waals surface area contributed by atoms with Crippen LogP contribution < -0.4 is 5.32 Å². The van der Waals surface area contributed by atoms with Crippen molar-refractivity contribution < 1.29 is 4.79 Å². The van der Waals surface area contributed by atoms with Gasteiger partial charge in [0, 0.05) is 56.5 Å². The van der Waals surface area contributed by atoms with E-state index in [1.807, 2.05) is 47.8 Å². The maximum atomic E-state index is 12.0. The minimum absolute atomic E-state index is 0.165. The van der Waals surface area contributed by atoms with Crippen molar-refractivity contribution in [3.05, 3.63) is 18.0 Å². The zero-order valence-electron chi connectivity index (χ0n) is 12.1. The number of hydrogen-bond donors (Lipinski definition) is 1. The molecular formula is C14H22N4OS. The normalized spacial score (nSPS) is 30.4. The number of hydrogen-bond acceptors (Lipinski definition) is 4. The third kappa shape index (κ3) is 2.72. The Balaban J connectivity index is 1.69. The van der Waals surface area contributed by atoms with Crippen LogP contribution in [0.15, 0.2) is 12.4 Å². The molecule has 1 N–H and O–H groups in total. The van der Waals surface area contributed by atoms with E-state index in [0.29, 0.717) is 18.4 Å². The fourth-order valence-electron chi connectivity index (χ4n) is 3.24. The molecule has 1 aromatic rings. The molecule has 2 saturated heterocycles. The van der Waals surface area contributed by atoms with Gasteiger partial charge < -0.3 is 10.2 Å². The summed E-state index contributed by atoms with van der Waals surface area (Å²) < 4.78 is 1.81. The molecule has 0 bridgehead atoms. The maximum absolute atomic E-state index is 12.0. The summed E-state index contributed by atoms with van der Waals surface area (Å²) in [5.41, 5.74) is 1.15. The summed E-state index contributed by atoms with van der Waals surface area (Å²) in [6.45, 7) is 0.918. The molecule has 3 heterocycles. The smallest absolute Gasteiger partial charge is 0.223 e. The van der Waals surface area contributed by atoms with Crippen molar-refractivity contribution in [2.75, 3.05) is 25.1 Å². The molecule has 6 heteroatoms. The Morgan fingerprint density at radius 2 is 2.35 bits per heavy atom. The van der Waals surface area contributed by atoms with E-state index in [-0.39, 0.29) is 11.9 Å². The quantitative estimate of drug-likeness (QED) is 0.901. The topological polar surface area (TPSA) is 50.2 Å². The number of nitrogens with one attached hydrogen (secondary N) is 1. The van der Waals surface area contributed by atoms with Gasteiger partial charge >= 0.3 is 0 Å². The third-order valence-electron chi connectivity index (χ3n) is 4.36. The van der Waals surface area contributed by atoms with Crippen LogP contribution >= 0.6 is 11.8 Å². The van der Waals surface area contributed by atoms with Gasteiger partial charge in [0.15, 0.2) is 0 Å². The largest absolute Gasteiger partial charge is 0.338 e. The summed E-state index contributed by atoms with van der Waals surface area (Å²) in [5, 5.41) is 7.89. The van der Waals surface area contributed by atoms with E-state index in [2.05, 4.69) is 10.4 Å². The summed E-state index contributed by atoms with van der Waals surface area (Å²) in [5.74, 6) is 3.05. The maximum Gasteiger partial charge on any atom is 0.223 e. The number of likely N-dealkylation sites (tertiary alicyclic amines) is 1. The van der Waals surface area contributed by atoms with E-state index < -0.39 is 0 Å². The molecule has 2 fully saturated rings. The Hall–Kier alpha value is -1.01. The number of aryl methyl sites for hydroxylation is 1. The van der Waals surface area contributed by atoms with Gasteiger partial charge in [-0.25, -0.2) is 0 Å². The Kier molecular flexibility index (Phi) is 4.03. The number of carbonyl (C=O) groups excluding carboxylic acids is 1. The average Bonchev–Trinajstić information content (AvgIpc) is 3.11. The molecular weight excluding hydrogens is 272 g/mol. The van der Waals surface area contributed by atoms with E-state index in [9.17, 15) is 4.79 Å². The first-order valence-corrected chi connectivity index (χ1v) is 8.36. The highest BCUT2D eigenvalue weighted by Gasteiger charge is 2.39. The Morgan fingerprint density at radius 3 is 3.00 bits per heavy atom. The van der Waals surface area contributed by atoms with Gasteiger partial charge in [0.05, 0.1) is 12.2 Å². The SMILES string of the molecule is CN1C(=O)C[C@@H](CNC2CCSC2)[C@@H]1c1cnn(C)c1. The van der Waals surface area contributed by atoms with E-state index in [4.69, 9.17) is 0 Å². The van der Waals surface area contributed by atoms with E-state index in [1.54, 1.807) is 0 Å². The Morgan fingerprint density at radius 1 is 1.50 bits per heavy atom. The van der Waals surface area contributed by atoms with Crippen molar-refractivity contribution >= 4 is 17.7 Å². The molecule has 0 spiro atoms. The van der Waals surface area contributed by atoms with Gasteiger partial charge in [0.2, 0.25) is 5.91 Å². The van der Waals surface area contributed by atoms with Crippen LogP contribution in [0.3, 0.4) is 0 Å². The molecule has 0 aliphatic carbocycles. The molecule has 5 nitrogen and oxygen atoms in total. The lowest BCUT2D eigenvalue weighted by Gasteiger charge is -2.25. The molecule has 0 radical (unpaired) electrons. The predicted molar refractivity (Wildman–Crippen MR) is 80.6 cm³/mol. The standard InChI is InChI=1S/C14H22N4OS/c1-17-8-11(7-16-17)14-10(5-13(19)18(14)2)6-15-12-3-4-20-9-12/h7-8,10,12,14-15H,3-6,9H2,1-2H3/t10-,12?,14+/m0/s1. The summed E-state index contributed by atoms with van der Waals surface area (Å²) in [7, 11) is 3.83. The monoisotopic (exact) mass is 294 g/mol. The van der Waals surface area contributed by atoms with Crippen molar-refractivity contribution in [1.29, 1.82) is 0 Å². The number of thioether (sulfide) groups is 1. The molecule has 2 aliphatic heterocycles. The minimum Gasteiger partial charge on any atom is -0.338 e. The number of aromatic nitrogens is 2. The van der Waals surface area contributed by atoms with Crippen molar-refractivity contribution in [1.82, 2.24) is 20.0 Å². The predicted octanol–water partition coefficient (Wildman–Crippen LogP) is 1.03. The van der Waals surface area contributed by atoms with Gasteiger partial charge in [-0.3, -0.25) is 9.48 Å². The summed E-state index contributed by atoms with van der Waals surface area (Å²) >= 11 is 2.01. The van der Waals surface area contributed by atoms with Crippen LogP contribution in [-0.4, -0.2) is 51.7 Å². The van der Waals surface area contributed by atoms with Gasteiger partial charge in [0.25, 0.3) is 0 Å². The first-order chi connectivity index (χ1) is 9.65. The lowest BCUT2D eigenvalue weighted by molar-refractivity contribution is -0.127. The summed E-state index contributed by atoms with van der Waals surface area (Å²) in [4.78, 5) is 13.9. The summed E-state index contributed by atoms with van der Waals surface area (Å²) in [6.07, 6.45) is 5.80. The fourth-order valence-corrected chi connectivity index (χ4v) is 4.42. The second kappa shape index (κ2) is 5.77. The van der Waals surface area contributed by atoms with Crippen molar-refractivity contribution in [2.24, 2.45) is 13.0 Å². The second-order valence-corrected chi connectivity index (χ2v) is 6.98. The molecule has 3 rings (SSSR count). The van der Waals surface area contributed by atoms with Gasteiger partial charge in [-0.1, -0.05) is 0 Å². The van der Waals surface area contributed by atoms with Gasteiger partial charge in [-0.15, -0.1) is 0 Å². The Labute approximate surface area is 124 Å². The minimum atomic E-state index is 0.165. The van der Waals surface area contributed by atoms with E-state index in [0.717, 1.165) is 12.1 Å². The Bertz CT molecular complexity index is 483. The second-order valence-electron chi connectivity index (χ2n) is 5.83. The molecule has 110 valence electrons. The van der Waals surface area contributed by atoms with Crippen molar-refractivity contribution in [2.45, 2.75) is 24.9 Å². The van der Waals surface area contributed by atoms with Crippen LogP contribution in [0.25, 0.3) is 0 Å². The number of rotatable bonds is 4. The van der Waals surface area contributed by atoms with Crippen molar-refractivity contribution in [3.63, 3.8) is 0 Å². The summed E-state index contributed by atoms with van der Waals surface area (Å²) in [6, 6.07) is 0.785. The van der Waals surface area contributed by atoms with Gasteiger partial charge in [-0.2, -0.15) is 16.9 Å². The van der Waals surface area contributed by atoms with Gasteiger partial charge in [0.1, 0.15) is 0 Å². The highest BCUT2D eigenvalue weighted by molar-refractivity contribution is 7.99. The first-order valence-electron chi connectivity index (χ1n) is 7.20. The first kappa shape index (κ1) is 13.9. The van der Waals surface area contributed by atoms with Crippen LogP contribution in [0.2, 0.25) is 0 Å². The van der Waals surface area contributed by atoms with Crippen molar-refractivity contribution in [3.8, 4) is 0 Å². The molecule has 20 heavy (non-hydrogen) atoms. The van der Waals surface area contributed by atoms with Crippen LogP contribution in [0.4, 0.5) is 0 Å². The zero-order chi connectivity index (χ0) is 14.1. The lowest BCUT2D eigenvalue weighted by atomic mass is 9.95. The lowest BCUT2D eigenvalue weighted by Crippen LogP contribution is -2.35. The number of nitrogens with zero attached hydrogens (tertiary/aromatic N) is 3. The van der Waals surface area contributed by atoms with E-state index >= 15 is 0 Å². The molecule has 2 aliphatic rings. The molecule has 1 amide bonds. The highest BCUT2D eigenvalue weighted by Crippen LogP contribution is 2.36. The highest BCUT2D eigenvalue weighted by atomic mass is 32.2. The van der Waals surface area contributed by atoms with Crippen LogP contribution in [-0.2, 0) is 11.8 Å². The third-order valence-corrected chi connectivity index (χ3v) is 5.52. The number of amides is 1. The molecule has 0 saturated carbocycles. The molecule has 1 aromatic heterocycles. The van der Waals surface area contributed by atoms with Crippen LogP contribution in [0.5, 0.6) is 0 Å². The molecule has 0 aromatic carbocycles. The zero-order valence-corrected chi connectivity index (χ0v) is 12.9. The van der Waals surface area contributed by atoms with Crippen LogP contribution in [0.1, 0.15) is 24.4 Å². The molecule has 1 unspecified atom stereocenters. The average molecular weight is 294 g/mol. The molecule has 3 atom stereocenters. The fraction of sp³-hybridized carbons (Fsp3) is 0.714. The number of carbonyl (C=O) groups is 1. The van der Waals surface area contributed by atoms with Gasteiger partial charge in [-0.05, 0) is 12.2 Å².